The average Bonchev–Trinajstić information content (AvgIpc) is 2.81. The van der Waals surface area contributed by atoms with Gasteiger partial charge in [-0.15, -0.1) is 0 Å². The molecule has 1 aliphatic heterocycles. The number of anilines is 1. The Kier molecular flexibility index (Phi) is 7.32. The molecule has 0 saturated carbocycles. The van der Waals surface area contributed by atoms with Crippen LogP contribution in [0.15, 0.2) is 57.7 Å². The van der Waals surface area contributed by atoms with Crippen LogP contribution >= 0.6 is 0 Å². The van der Waals surface area contributed by atoms with Crippen LogP contribution in [0.5, 0.6) is 11.5 Å². The molecule has 1 saturated heterocycles. The Labute approximate surface area is 189 Å². The van der Waals surface area contributed by atoms with E-state index in [9.17, 15) is 4.79 Å². The SMILES string of the molecule is CCCCOc1ccc(CN2CCC(Nc3cc(=O)oc4ccc(OC)cc34)CC2)cc1. The monoisotopic (exact) mass is 436 g/mol. The number of likely N-dealkylation sites (tertiary alicyclic amines) is 1. The second kappa shape index (κ2) is 10.6. The Balaban J connectivity index is 1.33. The van der Waals surface area contributed by atoms with Crippen molar-refractivity contribution in [3.63, 3.8) is 0 Å². The van der Waals surface area contributed by atoms with Gasteiger partial charge >= 0.3 is 5.63 Å². The highest BCUT2D eigenvalue weighted by Crippen LogP contribution is 2.28. The molecule has 0 aliphatic carbocycles. The number of benzene rings is 2. The standard InChI is InChI=1S/C26H32N2O4/c1-3-4-15-31-21-7-5-19(6-8-21)18-28-13-11-20(12-14-28)27-24-17-26(29)32-25-10-9-22(30-2)16-23(24)25/h5-10,16-17,20,27H,3-4,11-15,18H2,1-2H3. The second-order valence-corrected chi connectivity index (χ2v) is 8.38. The van der Waals surface area contributed by atoms with Crippen molar-refractivity contribution in [3.8, 4) is 11.5 Å². The number of nitrogens with zero attached hydrogens (tertiary/aromatic N) is 1. The zero-order valence-corrected chi connectivity index (χ0v) is 18.9. The van der Waals surface area contributed by atoms with E-state index in [2.05, 4.69) is 41.4 Å². The van der Waals surface area contributed by atoms with Crippen LogP contribution in [0.3, 0.4) is 0 Å². The molecule has 0 radical (unpaired) electrons. The molecule has 0 unspecified atom stereocenters. The lowest BCUT2D eigenvalue weighted by molar-refractivity contribution is 0.211. The van der Waals surface area contributed by atoms with Gasteiger partial charge in [-0.3, -0.25) is 4.90 Å². The normalized spacial score (nSPS) is 15.1. The van der Waals surface area contributed by atoms with Crippen LogP contribution in [0.1, 0.15) is 38.2 Å². The molecular weight excluding hydrogens is 404 g/mol. The summed E-state index contributed by atoms with van der Waals surface area (Å²) in [5, 5.41) is 4.44. The van der Waals surface area contributed by atoms with Gasteiger partial charge in [0.2, 0.25) is 0 Å². The van der Waals surface area contributed by atoms with E-state index in [4.69, 9.17) is 13.9 Å². The van der Waals surface area contributed by atoms with Gasteiger partial charge in [0, 0.05) is 37.1 Å². The highest BCUT2D eigenvalue weighted by Gasteiger charge is 2.20. The molecule has 1 aromatic heterocycles. The van der Waals surface area contributed by atoms with Crippen molar-refractivity contribution >= 4 is 16.7 Å². The minimum Gasteiger partial charge on any atom is -0.497 e. The highest BCUT2D eigenvalue weighted by molar-refractivity contribution is 5.90. The summed E-state index contributed by atoms with van der Waals surface area (Å²) >= 11 is 0. The summed E-state index contributed by atoms with van der Waals surface area (Å²) in [6.07, 6.45) is 4.26. The van der Waals surface area contributed by atoms with E-state index < -0.39 is 0 Å². The molecule has 4 rings (SSSR count). The summed E-state index contributed by atoms with van der Waals surface area (Å²) in [4.78, 5) is 14.5. The van der Waals surface area contributed by atoms with Gasteiger partial charge in [0.05, 0.1) is 19.4 Å². The van der Waals surface area contributed by atoms with Crippen LogP contribution in [-0.2, 0) is 6.54 Å². The molecule has 0 atom stereocenters. The van der Waals surface area contributed by atoms with Crippen molar-refractivity contribution in [2.75, 3.05) is 32.1 Å². The molecule has 0 spiro atoms. The fourth-order valence-electron chi connectivity index (χ4n) is 4.13. The van der Waals surface area contributed by atoms with Crippen LogP contribution in [0.4, 0.5) is 5.69 Å². The summed E-state index contributed by atoms with van der Waals surface area (Å²) in [5.74, 6) is 1.69. The molecule has 2 heterocycles. The predicted molar refractivity (Wildman–Crippen MR) is 128 cm³/mol. The van der Waals surface area contributed by atoms with Crippen LogP contribution in [0.25, 0.3) is 11.0 Å². The predicted octanol–water partition coefficient (Wildman–Crippen LogP) is 5.06. The van der Waals surface area contributed by atoms with Crippen molar-refractivity contribution in [3.05, 3.63) is 64.5 Å². The van der Waals surface area contributed by atoms with Crippen LogP contribution in [0, 0.1) is 0 Å². The van der Waals surface area contributed by atoms with E-state index in [0.717, 1.165) is 74.5 Å². The Morgan fingerprint density at radius 3 is 2.53 bits per heavy atom. The fraction of sp³-hybridized carbons (Fsp3) is 0.423. The van der Waals surface area contributed by atoms with Crippen molar-refractivity contribution in [1.29, 1.82) is 0 Å². The molecule has 6 nitrogen and oxygen atoms in total. The second-order valence-electron chi connectivity index (χ2n) is 8.38. The first-order valence-electron chi connectivity index (χ1n) is 11.5. The first kappa shape index (κ1) is 22.2. The molecule has 32 heavy (non-hydrogen) atoms. The highest BCUT2D eigenvalue weighted by atomic mass is 16.5. The molecule has 1 aliphatic rings. The maximum atomic E-state index is 12.0. The van der Waals surface area contributed by atoms with Crippen LogP contribution in [0.2, 0.25) is 0 Å². The molecule has 170 valence electrons. The van der Waals surface area contributed by atoms with E-state index in [1.165, 1.54) is 11.6 Å². The number of fused-ring (bicyclic) bond motifs is 1. The van der Waals surface area contributed by atoms with Gasteiger partial charge in [-0.2, -0.15) is 0 Å². The molecule has 6 heteroatoms. The third-order valence-corrected chi connectivity index (χ3v) is 5.99. The van der Waals surface area contributed by atoms with Gasteiger partial charge in [-0.05, 0) is 55.2 Å². The minimum absolute atomic E-state index is 0.316. The van der Waals surface area contributed by atoms with Gasteiger partial charge in [-0.1, -0.05) is 25.5 Å². The zero-order valence-electron chi connectivity index (χ0n) is 18.9. The topological polar surface area (TPSA) is 63.9 Å². The smallest absolute Gasteiger partial charge is 0.338 e. The van der Waals surface area contributed by atoms with Gasteiger partial charge in [0.25, 0.3) is 0 Å². The Morgan fingerprint density at radius 2 is 1.81 bits per heavy atom. The Bertz CT molecular complexity index is 1070. The van der Waals surface area contributed by atoms with E-state index in [-0.39, 0.29) is 5.63 Å². The summed E-state index contributed by atoms with van der Waals surface area (Å²) in [7, 11) is 1.64. The molecule has 1 fully saturated rings. The van der Waals surface area contributed by atoms with Gasteiger partial charge in [0.1, 0.15) is 17.1 Å². The minimum atomic E-state index is -0.343. The average molecular weight is 437 g/mol. The van der Waals surface area contributed by atoms with Crippen molar-refractivity contribution in [1.82, 2.24) is 4.90 Å². The number of nitrogens with one attached hydrogen (secondary N) is 1. The van der Waals surface area contributed by atoms with Crippen LogP contribution in [-0.4, -0.2) is 37.7 Å². The number of piperidine rings is 1. The maximum Gasteiger partial charge on any atom is 0.338 e. The third kappa shape index (κ3) is 5.62. The van der Waals surface area contributed by atoms with Crippen molar-refractivity contribution in [2.24, 2.45) is 0 Å². The third-order valence-electron chi connectivity index (χ3n) is 5.99. The number of rotatable bonds is 9. The number of ether oxygens (including phenoxy) is 2. The Morgan fingerprint density at radius 1 is 1.06 bits per heavy atom. The molecule has 3 aromatic rings. The van der Waals surface area contributed by atoms with Crippen LogP contribution < -0.4 is 20.4 Å². The van der Waals surface area contributed by atoms with Gasteiger partial charge in [0.15, 0.2) is 0 Å². The lowest BCUT2D eigenvalue weighted by Crippen LogP contribution is -2.38. The number of methoxy groups -OCH3 is 1. The quantitative estimate of drug-likeness (QED) is 0.374. The number of unbranched alkanes of at least 4 members (excludes halogenated alkanes) is 1. The lowest BCUT2D eigenvalue weighted by atomic mass is 10.0. The van der Waals surface area contributed by atoms with E-state index in [1.807, 2.05) is 6.07 Å². The Hall–Kier alpha value is -2.99. The lowest BCUT2D eigenvalue weighted by Gasteiger charge is -2.33. The van der Waals surface area contributed by atoms with E-state index in [0.29, 0.717) is 11.6 Å². The van der Waals surface area contributed by atoms with Gasteiger partial charge < -0.3 is 19.2 Å². The molecule has 0 bridgehead atoms. The van der Waals surface area contributed by atoms with E-state index in [1.54, 1.807) is 19.2 Å². The largest absolute Gasteiger partial charge is 0.497 e. The van der Waals surface area contributed by atoms with Crippen molar-refractivity contribution < 1.29 is 13.9 Å². The van der Waals surface area contributed by atoms with E-state index >= 15 is 0 Å². The first-order chi connectivity index (χ1) is 15.6. The van der Waals surface area contributed by atoms with Gasteiger partial charge in [-0.25, -0.2) is 4.79 Å². The summed E-state index contributed by atoms with van der Waals surface area (Å²) in [6, 6.07) is 15.8. The van der Waals surface area contributed by atoms with Crippen molar-refractivity contribution in [2.45, 2.75) is 45.2 Å². The molecule has 0 amide bonds. The molecular formula is C26H32N2O4. The molecule has 2 aromatic carbocycles. The summed E-state index contributed by atoms with van der Waals surface area (Å²) in [5.41, 5.74) is 2.34. The summed E-state index contributed by atoms with van der Waals surface area (Å²) < 4.78 is 16.4. The number of hydrogen-bond acceptors (Lipinski definition) is 6. The molecule has 1 N–H and O–H groups in total. The fourth-order valence-corrected chi connectivity index (χ4v) is 4.13. The maximum absolute atomic E-state index is 12.0. The zero-order chi connectivity index (χ0) is 22.3. The number of hydrogen-bond donors (Lipinski definition) is 1. The first-order valence-corrected chi connectivity index (χ1v) is 11.5. The summed E-state index contributed by atoms with van der Waals surface area (Å²) in [6.45, 7) is 5.91.